The molecule has 192 valence electrons. The van der Waals surface area contributed by atoms with Gasteiger partial charge in [-0.15, -0.1) is 0 Å². The van der Waals surface area contributed by atoms with Crippen LogP contribution in [-0.4, -0.2) is 48.5 Å². The summed E-state index contributed by atoms with van der Waals surface area (Å²) in [6, 6.07) is 21.7. The molecule has 0 aliphatic heterocycles. The highest BCUT2D eigenvalue weighted by Gasteiger charge is 2.29. The van der Waals surface area contributed by atoms with Crippen molar-refractivity contribution in [1.29, 1.82) is 0 Å². The molecule has 0 unspecified atom stereocenters. The molecule has 0 radical (unpaired) electrons. The average Bonchev–Trinajstić information content (AvgIpc) is 3.68. The van der Waals surface area contributed by atoms with Crippen molar-refractivity contribution < 1.29 is 27.9 Å². The van der Waals surface area contributed by atoms with E-state index in [0.29, 0.717) is 16.8 Å². The van der Waals surface area contributed by atoms with E-state index in [9.17, 15) is 27.9 Å². The standard InChI is InChI=1S/C28H28N2O6S/c31-26(16-20-8-14-25(15-9-20)37(35,36)19-22-6-7-22)29-24-12-10-23(11-13-24)28(34)30(18-27(32)33)17-21-4-2-1-3-5-21/h1-5,8-15,22H,6-7,16-19H2,(H,29,31)(H,32,33). The van der Waals surface area contributed by atoms with Crippen molar-refractivity contribution in [3.05, 3.63) is 95.6 Å². The molecule has 1 fully saturated rings. The van der Waals surface area contributed by atoms with Crippen LogP contribution in [0.5, 0.6) is 0 Å². The molecule has 0 bridgehead atoms. The van der Waals surface area contributed by atoms with Gasteiger partial charge < -0.3 is 15.3 Å². The van der Waals surface area contributed by atoms with E-state index in [4.69, 9.17) is 0 Å². The minimum Gasteiger partial charge on any atom is -0.480 e. The Kier molecular flexibility index (Phi) is 8.03. The summed E-state index contributed by atoms with van der Waals surface area (Å²) in [6.07, 6.45) is 1.98. The van der Waals surface area contributed by atoms with Crippen molar-refractivity contribution in [2.75, 3.05) is 17.6 Å². The first-order chi connectivity index (χ1) is 17.7. The van der Waals surface area contributed by atoms with Crippen LogP contribution in [0.25, 0.3) is 0 Å². The number of amides is 2. The molecule has 0 spiro atoms. The third-order valence-corrected chi connectivity index (χ3v) is 7.95. The number of anilines is 1. The molecule has 37 heavy (non-hydrogen) atoms. The molecule has 1 aliphatic carbocycles. The van der Waals surface area contributed by atoms with Crippen LogP contribution in [0.15, 0.2) is 83.8 Å². The van der Waals surface area contributed by atoms with Gasteiger partial charge in [0.05, 0.1) is 17.1 Å². The number of hydrogen-bond donors (Lipinski definition) is 2. The van der Waals surface area contributed by atoms with Crippen LogP contribution in [0.3, 0.4) is 0 Å². The fourth-order valence-corrected chi connectivity index (χ4v) is 5.64. The molecule has 8 nitrogen and oxygen atoms in total. The highest BCUT2D eigenvalue weighted by molar-refractivity contribution is 7.91. The van der Waals surface area contributed by atoms with Crippen molar-refractivity contribution in [2.45, 2.75) is 30.7 Å². The molecular weight excluding hydrogens is 492 g/mol. The molecule has 2 N–H and O–H groups in total. The van der Waals surface area contributed by atoms with Gasteiger partial charge in [-0.25, -0.2) is 8.42 Å². The Morgan fingerprint density at radius 1 is 0.865 bits per heavy atom. The van der Waals surface area contributed by atoms with Crippen molar-refractivity contribution in [3.63, 3.8) is 0 Å². The highest BCUT2D eigenvalue weighted by atomic mass is 32.2. The zero-order valence-electron chi connectivity index (χ0n) is 20.2. The smallest absolute Gasteiger partial charge is 0.323 e. The van der Waals surface area contributed by atoms with Gasteiger partial charge in [-0.3, -0.25) is 14.4 Å². The minimum atomic E-state index is -3.30. The number of rotatable bonds is 11. The second-order valence-electron chi connectivity index (χ2n) is 9.21. The third-order valence-electron chi connectivity index (χ3n) is 6.04. The average molecular weight is 521 g/mol. The summed E-state index contributed by atoms with van der Waals surface area (Å²) in [5.74, 6) is -1.39. The van der Waals surface area contributed by atoms with E-state index >= 15 is 0 Å². The Labute approximate surface area is 215 Å². The maximum absolute atomic E-state index is 13.0. The fraction of sp³-hybridized carbons (Fsp3) is 0.250. The Morgan fingerprint density at radius 3 is 2.11 bits per heavy atom. The van der Waals surface area contributed by atoms with Gasteiger partial charge in [0.25, 0.3) is 5.91 Å². The summed E-state index contributed by atoms with van der Waals surface area (Å²) < 4.78 is 24.8. The van der Waals surface area contributed by atoms with E-state index in [2.05, 4.69) is 5.32 Å². The zero-order valence-corrected chi connectivity index (χ0v) is 21.0. The number of carboxylic acid groups (broad SMARTS) is 1. The maximum Gasteiger partial charge on any atom is 0.323 e. The summed E-state index contributed by atoms with van der Waals surface area (Å²) in [5.41, 5.74) is 2.28. The van der Waals surface area contributed by atoms with Crippen molar-refractivity contribution in [3.8, 4) is 0 Å². The Hall–Kier alpha value is -3.98. The molecule has 1 saturated carbocycles. The fourth-order valence-electron chi connectivity index (χ4n) is 3.94. The number of benzene rings is 3. The molecular formula is C28H28N2O6S. The van der Waals surface area contributed by atoms with E-state index < -0.39 is 28.3 Å². The van der Waals surface area contributed by atoms with Gasteiger partial charge in [-0.1, -0.05) is 42.5 Å². The van der Waals surface area contributed by atoms with Gasteiger partial charge in [0.1, 0.15) is 6.54 Å². The predicted octanol–water partition coefficient (Wildman–Crippen LogP) is 3.78. The van der Waals surface area contributed by atoms with E-state index in [1.807, 2.05) is 30.3 Å². The number of carboxylic acids is 1. The predicted molar refractivity (Wildman–Crippen MR) is 139 cm³/mol. The van der Waals surface area contributed by atoms with Crippen LogP contribution in [0.4, 0.5) is 5.69 Å². The van der Waals surface area contributed by atoms with E-state index in [1.54, 1.807) is 36.4 Å². The second-order valence-corrected chi connectivity index (χ2v) is 11.2. The molecule has 0 atom stereocenters. The van der Waals surface area contributed by atoms with Crippen LogP contribution in [0, 0.1) is 5.92 Å². The van der Waals surface area contributed by atoms with Gasteiger partial charge in [0.2, 0.25) is 5.91 Å². The number of nitrogens with one attached hydrogen (secondary N) is 1. The number of sulfone groups is 1. The number of carbonyl (C=O) groups is 3. The molecule has 0 heterocycles. The second kappa shape index (κ2) is 11.4. The van der Waals surface area contributed by atoms with Crippen molar-refractivity contribution in [1.82, 2.24) is 4.90 Å². The van der Waals surface area contributed by atoms with E-state index in [1.165, 1.54) is 17.0 Å². The Bertz CT molecular complexity index is 1370. The molecule has 4 rings (SSSR count). The number of carbonyl (C=O) groups excluding carboxylic acids is 2. The molecule has 2 amide bonds. The summed E-state index contributed by atoms with van der Waals surface area (Å²) in [4.78, 5) is 38.3. The highest BCUT2D eigenvalue weighted by Crippen LogP contribution is 2.32. The van der Waals surface area contributed by atoms with Gasteiger partial charge in [0.15, 0.2) is 9.84 Å². The first-order valence-corrected chi connectivity index (χ1v) is 13.6. The lowest BCUT2D eigenvalue weighted by atomic mass is 10.1. The normalized spacial score (nSPS) is 13.1. The van der Waals surface area contributed by atoms with Crippen molar-refractivity contribution >= 4 is 33.3 Å². The lowest BCUT2D eigenvalue weighted by Crippen LogP contribution is -2.35. The third kappa shape index (κ3) is 7.50. The summed E-state index contributed by atoms with van der Waals surface area (Å²) in [6.45, 7) is -0.280. The molecule has 0 saturated heterocycles. The number of aliphatic carboxylic acids is 1. The first kappa shape index (κ1) is 26.1. The summed E-state index contributed by atoms with van der Waals surface area (Å²) in [5, 5.41) is 12.0. The topological polar surface area (TPSA) is 121 Å². The monoisotopic (exact) mass is 520 g/mol. The van der Waals surface area contributed by atoms with Gasteiger partial charge in [0, 0.05) is 17.8 Å². The lowest BCUT2D eigenvalue weighted by Gasteiger charge is -2.21. The molecule has 0 aromatic heterocycles. The lowest BCUT2D eigenvalue weighted by molar-refractivity contribution is -0.137. The maximum atomic E-state index is 13.0. The van der Waals surface area contributed by atoms with Gasteiger partial charge in [-0.2, -0.15) is 0 Å². The zero-order chi connectivity index (χ0) is 26.4. The van der Waals surface area contributed by atoms with Crippen LogP contribution < -0.4 is 5.32 Å². The van der Waals surface area contributed by atoms with Crippen molar-refractivity contribution in [2.24, 2.45) is 5.92 Å². The van der Waals surface area contributed by atoms with E-state index in [-0.39, 0.29) is 35.4 Å². The number of nitrogens with zero attached hydrogens (tertiary/aromatic N) is 1. The molecule has 3 aromatic rings. The molecule has 3 aromatic carbocycles. The van der Waals surface area contributed by atoms with Gasteiger partial charge >= 0.3 is 5.97 Å². The summed E-state index contributed by atoms with van der Waals surface area (Å²) in [7, 11) is -3.30. The molecule has 9 heteroatoms. The number of hydrogen-bond acceptors (Lipinski definition) is 5. The van der Waals surface area contributed by atoms with Gasteiger partial charge in [-0.05, 0) is 66.3 Å². The minimum absolute atomic E-state index is 0.0626. The quantitative estimate of drug-likeness (QED) is 0.397. The SMILES string of the molecule is O=C(O)CN(Cc1ccccc1)C(=O)c1ccc(NC(=O)Cc2ccc(S(=O)(=O)CC3CC3)cc2)cc1. The Morgan fingerprint density at radius 2 is 1.51 bits per heavy atom. The summed E-state index contributed by atoms with van der Waals surface area (Å²) >= 11 is 0. The van der Waals surface area contributed by atoms with Crippen LogP contribution in [-0.2, 0) is 32.4 Å². The van der Waals surface area contributed by atoms with Crippen LogP contribution in [0.2, 0.25) is 0 Å². The molecule has 1 aliphatic rings. The van der Waals surface area contributed by atoms with E-state index in [0.717, 1.165) is 18.4 Å². The van der Waals surface area contributed by atoms with Crippen LogP contribution >= 0.6 is 0 Å². The van der Waals surface area contributed by atoms with Crippen LogP contribution in [0.1, 0.15) is 34.3 Å². The Balaban J connectivity index is 1.35. The first-order valence-electron chi connectivity index (χ1n) is 12.0. The largest absolute Gasteiger partial charge is 0.480 e.